The number of rotatable bonds is 2. The molecule has 1 aliphatic rings. The van der Waals surface area contributed by atoms with E-state index in [0.717, 1.165) is 16.3 Å². The number of anilines is 1. The molecule has 2 aromatic rings. The van der Waals surface area contributed by atoms with Crippen LogP contribution >= 0.6 is 35.0 Å². The number of ether oxygens (including phenoxy) is 1. The second-order valence-corrected chi connectivity index (χ2v) is 7.09. The average Bonchev–Trinajstić information content (AvgIpc) is 2.56. The maximum absolute atomic E-state index is 12.9. The van der Waals surface area contributed by atoms with Crippen LogP contribution in [-0.2, 0) is 4.79 Å². The lowest BCUT2D eigenvalue weighted by atomic mass is 10.1. The number of hydrogen-bond donors (Lipinski definition) is 0. The Morgan fingerprint density at radius 1 is 1.17 bits per heavy atom. The quantitative estimate of drug-likeness (QED) is 0.559. The summed E-state index contributed by atoms with van der Waals surface area (Å²) in [7, 11) is 0. The summed E-state index contributed by atoms with van der Waals surface area (Å²) in [5.41, 5.74) is 1.22. The summed E-state index contributed by atoms with van der Waals surface area (Å²) in [6.07, 6.45) is 0. The van der Waals surface area contributed by atoms with Crippen LogP contribution in [0.5, 0.6) is 5.75 Å². The summed E-state index contributed by atoms with van der Waals surface area (Å²) in [6.45, 7) is 1.86. The van der Waals surface area contributed by atoms with E-state index in [1.807, 2.05) is 24.3 Å². The smallest absolute Gasteiger partial charge is 0.308 e. The lowest BCUT2D eigenvalue weighted by molar-refractivity contribution is -0.131. The van der Waals surface area contributed by atoms with Gasteiger partial charge in [0.25, 0.3) is 5.91 Å². The number of halogens is 2. The molecule has 0 atom stereocenters. The molecule has 0 aromatic heterocycles. The molecule has 0 aliphatic carbocycles. The molecule has 0 radical (unpaired) electrons. The molecule has 0 unspecified atom stereocenters. The minimum absolute atomic E-state index is 0.0667. The van der Waals surface area contributed by atoms with Crippen molar-refractivity contribution in [2.75, 3.05) is 17.2 Å². The monoisotopic (exact) mass is 381 g/mol. The Labute approximate surface area is 153 Å². The molecule has 2 aromatic carbocycles. The molecule has 4 nitrogen and oxygen atoms in total. The number of amides is 1. The first-order valence-corrected chi connectivity index (χ1v) is 8.92. The maximum atomic E-state index is 12.9. The first-order valence-electron chi connectivity index (χ1n) is 7.18. The lowest BCUT2D eigenvalue weighted by Crippen LogP contribution is -2.35. The van der Waals surface area contributed by atoms with E-state index >= 15 is 0 Å². The minimum Gasteiger partial charge on any atom is -0.424 e. The van der Waals surface area contributed by atoms with Crippen LogP contribution in [0, 0.1) is 0 Å². The van der Waals surface area contributed by atoms with E-state index in [1.54, 1.807) is 16.7 Å². The van der Waals surface area contributed by atoms with Gasteiger partial charge in [-0.2, -0.15) is 0 Å². The van der Waals surface area contributed by atoms with Crippen LogP contribution < -0.4 is 9.64 Å². The number of fused-ring (bicyclic) bond motifs is 1. The van der Waals surface area contributed by atoms with Crippen LogP contribution in [0.3, 0.4) is 0 Å². The van der Waals surface area contributed by atoms with Gasteiger partial charge in [0.2, 0.25) is 0 Å². The number of carbonyl (C=O) groups is 2. The van der Waals surface area contributed by atoms with Crippen molar-refractivity contribution in [3.05, 3.63) is 52.0 Å². The highest BCUT2D eigenvalue weighted by molar-refractivity contribution is 7.99. The van der Waals surface area contributed by atoms with Gasteiger partial charge in [0, 0.05) is 29.7 Å². The Morgan fingerprint density at radius 3 is 2.50 bits per heavy atom. The molecule has 0 spiro atoms. The van der Waals surface area contributed by atoms with Gasteiger partial charge in [-0.25, -0.2) is 0 Å². The van der Waals surface area contributed by atoms with Crippen molar-refractivity contribution in [3.63, 3.8) is 0 Å². The van der Waals surface area contributed by atoms with Crippen molar-refractivity contribution in [1.29, 1.82) is 0 Å². The van der Waals surface area contributed by atoms with Gasteiger partial charge in [-0.05, 0) is 24.3 Å². The van der Waals surface area contributed by atoms with Gasteiger partial charge in [0.15, 0.2) is 5.75 Å². The third-order valence-electron chi connectivity index (χ3n) is 3.46. The molecule has 0 bridgehead atoms. The first kappa shape index (κ1) is 17.1. The van der Waals surface area contributed by atoms with Crippen molar-refractivity contribution in [3.8, 4) is 5.75 Å². The van der Waals surface area contributed by atoms with Crippen LogP contribution in [0.1, 0.15) is 17.3 Å². The van der Waals surface area contributed by atoms with Gasteiger partial charge in [0.05, 0.1) is 15.7 Å². The highest BCUT2D eigenvalue weighted by Gasteiger charge is 2.25. The third-order valence-corrected chi connectivity index (χ3v) is 5.07. The average molecular weight is 382 g/mol. The summed E-state index contributed by atoms with van der Waals surface area (Å²) in [6, 6.07) is 10.7. The molecule has 24 heavy (non-hydrogen) atoms. The second-order valence-electron chi connectivity index (χ2n) is 5.14. The fraction of sp³-hybridized carbons (Fsp3) is 0.176. The molecule has 1 amide bonds. The predicted octanol–water partition coefficient (Wildman–Crippen LogP) is 4.67. The number of nitrogens with zero attached hydrogens (tertiary/aromatic N) is 1. The molecular formula is C17H13Cl2NO3S. The van der Waals surface area contributed by atoms with E-state index < -0.39 is 5.97 Å². The Hall–Kier alpha value is -1.69. The van der Waals surface area contributed by atoms with Crippen molar-refractivity contribution < 1.29 is 14.3 Å². The highest BCUT2D eigenvalue weighted by Crippen LogP contribution is 2.38. The summed E-state index contributed by atoms with van der Waals surface area (Å²) >= 11 is 14.0. The largest absolute Gasteiger partial charge is 0.424 e. The summed E-state index contributed by atoms with van der Waals surface area (Å²) in [5.74, 6) is 0.160. The van der Waals surface area contributed by atoms with Gasteiger partial charge in [-0.15, -0.1) is 11.8 Å². The number of carbonyl (C=O) groups excluding carboxylic acids is 2. The topological polar surface area (TPSA) is 46.6 Å². The van der Waals surface area contributed by atoms with Gasteiger partial charge >= 0.3 is 5.97 Å². The van der Waals surface area contributed by atoms with E-state index in [9.17, 15) is 9.59 Å². The fourth-order valence-corrected chi connectivity index (χ4v) is 4.02. The van der Waals surface area contributed by atoms with Crippen molar-refractivity contribution in [2.24, 2.45) is 0 Å². The third kappa shape index (κ3) is 3.38. The molecule has 0 N–H and O–H groups in total. The van der Waals surface area contributed by atoms with Crippen molar-refractivity contribution in [2.45, 2.75) is 11.8 Å². The molecule has 124 valence electrons. The summed E-state index contributed by atoms with van der Waals surface area (Å²) < 4.78 is 4.98. The normalized spacial score (nSPS) is 13.4. The zero-order valence-electron chi connectivity index (χ0n) is 12.7. The molecule has 0 saturated carbocycles. The first-order chi connectivity index (χ1) is 11.5. The standard InChI is InChI=1S/C17H13Cl2NO3S/c1-10(21)23-16-12(18)8-11(9-13(16)19)17(22)20-6-7-24-15-5-3-2-4-14(15)20/h2-5,8-9H,6-7H2,1H3. The number of hydrogen-bond acceptors (Lipinski definition) is 4. The predicted molar refractivity (Wildman–Crippen MR) is 96.6 cm³/mol. The SMILES string of the molecule is CC(=O)Oc1c(Cl)cc(C(=O)N2CCSc3ccccc32)cc1Cl. The van der Waals surface area contributed by atoms with E-state index in [1.165, 1.54) is 19.1 Å². The second kappa shape index (κ2) is 7.05. The summed E-state index contributed by atoms with van der Waals surface area (Å²) in [4.78, 5) is 26.8. The Bertz CT molecular complexity index is 802. The highest BCUT2D eigenvalue weighted by atomic mass is 35.5. The van der Waals surface area contributed by atoms with Gasteiger partial charge < -0.3 is 9.64 Å². The number of thioether (sulfide) groups is 1. The summed E-state index contributed by atoms with van der Waals surface area (Å²) in [5, 5.41) is 0.251. The van der Waals surface area contributed by atoms with Crippen LogP contribution in [0.4, 0.5) is 5.69 Å². The maximum Gasteiger partial charge on any atom is 0.308 e. The van der Waals surface area contributed by atoms with Gasteiger partial charge in [0.1, 0.15) is 0 Å². The van der Waals surface area contributed by atoms with Crippen molar-refractivity contribution in [1.82, 2.24) is 0 Å². The Kier molecular flexibility index (Phi) is 5.04. The minimum atomic E-state index is -0.528. The molecule has 1 heterocycles. The Morgan fingerprint density at radius 2 is 1.83 bits per heavy atom. The lowest BCUT2D eigenvalue weighted by Gasteiger charge is -2.29. The fourth-order valence-electron chi connectivity index (χ4n) is 2.46. The Balaban J connectivity index is 1.96. The number of benzene rings is 2. The van der Waals surface area contributed by atoms with E-state index in [0.29, 0.717) is 12.1 Å². The van der Waals surface area contributed by atoms with Crippen LogP contribution in [0.25, 0.3) is 0 Å². The van der Waals surface area contributed by atoms with E-state index in [-0.39, 0.29) is 21.7 Å². The number of esters is 1. The molecular weight excluding hydrogens is 369 g/mol. The van der Waals surface area contributed by atoms with Gasteiger partial charge in [-0.3, -0.25) is 9.59 Å². The molecule has 7 heteroatoms. The molecule has 0 saturated heterocycles. The van der Waals surface area contributed by atoms with Gasteiger partial charge in [-0.1, -0.05) is 35.3 Å². The van der Waals surface area contributed by atoms with Crippen LogP contribution in [-0.4, -0.2) is 24.2 Å². The zero-order chi connectivity index (χ0) is 17.3. The van der Waals surface area contributed by atoms with Crippen LogP contribution in [0.2, 0.25) is 10.0 Å². The van der Waals surface area contributed by atoms with E-state index in [2.05, 4.69) is 0 Å². The van der Waals surface area contributed by atoms with Crippen LogP contribution in [0.15, 0.2) is 41.3 Å². The molecule has 1 aliphatic heterocycles. The zero-order valence-corrected chi connectivity index (χ0v) is 15.0. The molecule has 0 fully saturated rings. The van der Waals surface area contributed by atoms with Crippen molar-refractivity contribution >= 4 is 52.5 Å². The van der Waals surface area contributed by atoms with E-state index in [4.69, 9.17) is 27.9 Å². The number of para-hydroxylation sites is 1. The molecule has 3 rings (SSSR count).